The summed E-state index contributed by atoms with van der Waals surface area (Å²) < 4.78 is 1.84. The van der Waals surface area contributed by atoms with E-state index < -0.39 is 5.60 Å². The van der Waals surface area contributed by atoms with Gasteiger partial charge in [0.1, 0.15) is 5.60 Å². The summed E-state index contributed by atoms with van der Waals surface area (Å²) >= 11 is 0. The molecule has 0 saturated heterocycles. The molecule has 0 bridgehead atoms. The molecule has 1 unspecified atom stereocenters. The number of aliphatic hydroxyl groups is 1. The summed E-state index contributed by atoms with van der Waals surface area (Å²) in [6, 6.07) is 2.34. The predicted octanol–water partition coefficient (Wildman–Crippen LogP) is 1.50. The van der Waals surface area contributed by atoms with Gasteiger partial charge in [-0.05, 0) is 32.9 Å². The van der Waals surface area contributed by atoms with Gasteiger partial charge in [0.25, 0.3) is 0 Å². The highest BCUT2D eigenvalue weighted by Crippen LogP contribution is 2.23. The average Bonchev–Trinajstić information content (AvgIpc) is 2.64. The Labute approximate surface area is 97.7 Å². The first-order valence-corrected chi connectivity index (χ1v) is 5.95. The number of aromatic nitrogens is 2. The Kier molecular flexibility index (Phi) is 4.50. The largest absolute Gasteiger partial charge is 0.384 e. The maximum atomic E-state index is 10.4. The van der Waals surface area contributed by atoms with Gasteiger partial charge in [-0.1, -0.05) is 13.8 Å². The fourth-order valence-corrected chi connectivity index (χ4v) is 1.77. The molecular weight excluding hydrogens is 202 g/mol. The van der Waals surface area contributed by atoms with Gasteiger partial charge in [0.15, 0.2) is 0 Å². The number of nitrogens with zero attached hydrogens (tertiary/aromatic N) is 2. The smallest absolute Gasteiger partial charge is 0.105 e. The van der Waals surface area contributed by atoms with Crippen molar-refractivity contribution < 1.29 is 5.11 Å². The summed E-state index contributed by atoms with van der Waals surface area (Å²) in [6.07, 6.45) is 2.43. The number of hydrogen-bond donors (Lipinski definition) is 2. The molecule has 0 aliphatic rings. The SMILES string of the molecule is CCn1nccc1C(C)(O)CCNC(C)C. The maximum absolute atomic E-state index is 10.4. The zero-order valence-electron chi connectivity index (χ0n) is 10.7. The van der Waals surface area contributed by atoms with Gasteiger partial charge < -0.3 is 10.4 Å². The van der Waals surface area contributed by atoms with E-state index in [4.69, 9.17) is 0 Å². The normalized spacial score (nSPS) is 15.4. The van der Waals surface area contributed by atoms with E-state index in [-0.39, 0.29) is 0 Å². The van der Waals surface area contributed by atoms with Crippen molar-refractivity contribution in [2.75, 3.05) is 6.54 Å². The molecule has 4 heteroatoms. The second-order valence-electron chi connectivity index (χ2n) is 4.66. The summed E-state index contributed by atoms with van der Waals surface area (Å²) in [5, 5.41) is 17.9. The Morgan fingerprint density at radius 2 is 2.25 bits per heavy atom. The molecule has 0 saturated carbocycles. The van der Waals surface area contributed by atoms with E-state index in [9.17, 15) is 5.11 Å². The molecule has 0 spiro atoms. The lowest BCUT2D eigenvalue weighted by Gasteiger charge is -2.24. The molecule has 0 amide bonds. The van der Waals surface area contributed by atoms with Crippen LogP contribution in [0.5, 0.6) is 0 Å². The van der Waals surface area contributed by atoms with Crippen LogP contribution in [0.4, 0.5) is 0 Å². The van der Waals surface area contributed by atoms with Crippen molar-refractivity contribution in [2.45, 2.75) is 52.3 Å². The number of aryl methyl sites for hydroxylation is 1. The molecule has 0 aromatic carbocycles. The van der Waals surface area contributed by atoms with Crippen molar-refractivity contribution >= 4 is 0 Å². The van der Waals surface area contributed by atoms with Gasteiger partial charge in [-0.15, -0.1) is 0 Å². The first-order valence-electron chi connectivity index (χ1n) is 5.95. The van der Waals surface area contributed by atoms with E-state index in [1.807, 2.05) is 24.6 Å². The molecular formula is C12H23N3O. The fraction of sp³-hybridized carbons (Fsp3) is 0.750. The summed E-state index contributed by atoms with van der Waals surface area (Å²) in [7, 11) is 0. The van der Waals surface area contributed by atoms with Crippen LogP contribution in [0.15, 0.2) is 12.3 Å². The van der Waals surface area contributed by atoms with E-state index in [0.29, 0.717) is 12.5 Å². The van der Waals surface area contributed by atoms with Crippen molar-refractivity contribution in [1.29, 1.82) is 0 Å². The Morgan fingerprint density at radius 3 is 2.81 bits per heavy atom. The van der Waals surface area contributed by atoms with Crippen LogP contribution in [0.25, 0.3) is 0 Å². The highest BCUT2D eigenvalue weighted by Gasteiger charge is 2.26. The lowest BCUT2D eigenvalue weighted by atomic mass is 9.98. The highest BCUT2D eigenvalue weighted by molar-refractivity contribution is 5.10. The van der Waals surface area contributed by atoms with Crippen LogP contribution >= 0.6 is 0 Å². The average molecular weight is 225 g/mol. The Balaban J connectivity index is 2.62. The molecule has 1 aromatic heterocycles. The van der Waals surface area contributed by atoms with Crippen molar-refractivity contribution in [1.82, 2.24) is 15.1 Å². The topological polar surface area (TPSA) is 50.1 Å². The van der Waals surface area contributed by atoms with E-state index in [1.54, 1.807) is 6.20 Å². The van der Waals surface area contributed by atoms with Gasteiger partial charge >= 0.3 is 0 Å². The fourth-order valence-electron chi connectivity index (χ4n) is 1.77. The monoisotopic (exact) mass is 225 g/mol. The zero-order chi connectivity index (χ0) is 12.2. The molecule has 1 rings (SSSR count). The van der Waals surface area contributed by atoms with Crippen LogP contribution in [-0.4, -0.2) is 27.5 Å². The standard InChI is InChI=1S/C12H23N3O/c1-5-15-11(6-8-14-15)12(4,16)7-9-13-10(2)3/h6,8,10,13,16H,5,7,9H2,1-4H3. The summed E-state index contributed by atoms with van der Waals surface area (Å²) in [5.41, 5.74) is 0.0783. The molecule has 2 N–H and O–H groups in total. The third-order valence-electron chi connectivity index (χ3n) is 2.73. The van der Waals surface area contributed by atoms with Crippen LogP contribution in [0.2, 0.25) is 0 Å². The van der Waals surface area contributed by atoms with Gasteiger partial charge in [0, 0.05) is 18.8 Å². The molecule has 0 aliphatic heterocycles. The van der Waals surface area contributed by atoms with Crippen molar-refractivity contribution in [3.8, 4) is 0 Å². The third kappa shape index (κ3) is 3.32. The van der Waals surface area contributed by atoms with E-state index in [2.05, 4.69) is 24.3 Å². The van der Waals surface area contributed by atoms with Crippen molar-refractivity contribution in [3.63, 3.8) is 0 Å². The number of hydrogen-bond acceptors (Lipinski definition) is 3. The van der Waals surface area contributed by atoms with Gasteiger partial charge in [-0.25, -0.2) is 0 Å². The number of rotatable bonds is 6. The second kappa shape index (κ2) is 5.46. The quantitative estimate of drug-likeness (QED) is 0.771. The van der Waals surface area contributed by atoms with Crippen molar-refractivity contribution in [3.05, 3.63) is 18.0 Å². The minimum Gasteiger partial charge on any atom is -0.384 e. The lowest BCUT2D eigenvalue weighted by molar-refractivity contribution is 0.0383. The van der Waals surface area contributed by atoms with E-state index in [0.717, 1.165) is 18.8 Å². The summed E-state index contributed by atoms with van der Waals surface area (Å²) in [4.78, 5) is 0. The van der Waals surface area contributed by atoms with Gasteiger partial charge in [-0.3, -0.25) is 4.68 Å². The zero-order valence-corrected chi connectivity index (χ0v) is 10.7. The van der Waals surface area contributed by atoms with Gasteiger partial charge in [0.2, 0.25) is 0 Å². The first kappa shape index (κ1) is 13.2. The minimum atomic E-state index is -0.811. The molecule has 1 aromatic rings. The van der Waals surface area contributed by atoms with Crippen molar-refractivity contribution in [2.24, 2.45) is 0 Å². The van der Waals surface area contributed by atoms with Crippen LogP contribution in [-0.2, 0) is 12.1 Å². The van der Waals surface area contributed by atoms with Gasteiger partial charge in [0.05, 0.1) is 5.69 Å². The van der Waals surface area contributed by atoms with Crippen LogP contribution < -0.4 is 5.32 Å². The second-order valence-corrected chi connectivity index (χ2v) is 4.66. The van der Waals surface area contributed by atoms with E-state index in [1.165, 1.54) is 0 Å². The third-order valence-corrected chi connectivity index (χ3v) is 2.73. The molecule has 0 radical (unpaired) electrons. The predicted molar refractivity (Wildman–Crippen MR) is 65.2 cm³/mol. The molecule has 0 fully saturated rings. The minimum absolute atomic E-state index is 0.451. The molecule has 1 atom stereocenters. The van der Waals surface area contributed by atoms with Gasteiger partial charge in [-0.2, -0.15) is 5.10 Å². The lowest BCUT2D eigenvalue weighted by Crippen LogP contribution is -2.32. The first-order chi connectivity index (χ1) is 7.47. The van der Waals surface area contributed by atoms with E-state index >= 15 is 0 Å². The van der Waals surface area contributed by atoms with Crippen LogP contribution in [0, 0.1) is 0 Å². The Bertz CT molecular complexity index is 318. The summed E-state index contributed by atoms with van der Waals surface area (Å²) in [5.74, 6) is 0. The molecule has 16 heavy (non-hydrogen) atoms. The molecule has 92 valence electrons. The molecule has 0 aliphatic carbocycles. The maximum Gasteiger partial charge on any atom is 0.105 e. The summed E-state index contributed by atoms with van der Waals surface area (Å²) in [6.45, 7) is 9.67. The highest BCUT2D eigenvalue weighted by atomic mass is 16.3. The Morgan fingerprint density at radius 1 is 1.56 bits per heavy atom. The molecule has 4 nitrogen and oxygen atoms in total. The van der Waals surface area contributed by atoms with Crippen LogP contribution in [0.1, 0.15) is 39.8 Å². The number of nitrogens with one attached hydrogen (secondary N) is 1. The van der Waals surface area contributed by atoms with Crippen LogP contribution in [0.3, 0.4) is 0 Å². The Hall–Kier alpha value is -0.870. The molecule has 1 heterocycles.